The standard InChI is InChI=1S/C22H17FN2O3S/c23-17-10-12-18(13-11-17)24-14-21-22(26)19-8-4-5-9-20(19)25(29(21,27)28)15-16-6-2-1-3-7-16/h1-14,24H,15H2. The van der Waals surface area contributed by atoms with Gasteiger partial charge in [-0.25, -0.2) is 12.8 Å². The van der Waals surface area contributed by atoms with Crippen molar-refractivity contribution in [1.29, 1.82) is 0 Å². The van der Waals surface area contributed by atoms with Crippen LogP contribution in [0.4, 0.5) is 15.8 Å². The Hall–Kier alpha value is -3.45. The fourth-order valence-corrected chi connectivity index (χ4v) is 4.66. The molecule has 7 heteroatoms. The van der Waals surface area contributed by atoms with Gasteiger partial charge >= 0.3 is 0 Å². The molecule has 4 rings (SSSR count). The Morgan fingerprint density at radius 3 is 2.28 bits per heavy atom. The van der Waals surface area contributed by atoms with E-state index in [2.05, 4.69) is 5.32 Å². The van der Waals surface area contributed by atoms with E-state index in [1.807, 2.05) is 30.3 Å². The molecule has 0 saturated carbocycles. The number of para-hydroxylation sites is 1. The Morgan fingerprint density at radius 2 is 1.55 bits per heavy atom. The number of ketones is 1. The zero-order valence-electron chi connectivity index (χ0n) is 15.2. The fourth-order valence-electron chi connectivity index (χ4n) is 3.14. The first-order valence-electron chi connectivity index (χ1n) is 8.89. The first-order valence-corrected chi connectivity index (χ1v) is 10.3. The maximum atomic E-state index is 13.3. The number of rotatable bonds is 4. The molecule has 0 amide bonds. The van der Waals surface area contributed by atoms with Crippen LogP contribution in [0, 0.1) is 5.82 Å². The van der Waals surface area contributed by atoms with Crippen LogP contribution < -0.4 is 9.62 Å². The van der Waals surface area contributed by atoms with Gasteiger partial charge in [-0.3, -0.25) is 9.10 Å². The summed E-state index contributed by atoms with van der Waals surface area (Å²) in [6, 6.07) is 21.2. The average Bonchev–Trinajstić information content (AvgIpc) is 2.73. The van der Waals surface area contributed by atoms with Crippen molar-refractivity contribution in [2.75, 3.05) is 9.62 Å². The minimum Gasteiger partial charge on any atom is -0.360 e. The van der Waals surface area contributed by atoms with Gasteiger partial charge in [-0.2, -0.15) is 0 Å². The summed E-state index contributed by atoms with van der Waals surface area (Å²) in [5.74, 6) is -0.993. The van der Waals surface area contributed by atoms with Crippen molar-refractivity contribution < 1.29 is 17.6 Å². The Kier molecular flexibility index (Phi) is 4.90. The molecule has 1 aliphatic heterocycles. The van der Waals surface area contributed by atoms with E-state index in [0.717, 1.165) is 5.56 Å². The van der Waals surface area contributed by atoms with Crippen molar-refractivity contribution in [3.05, 3.63) is 107 Å². The molecule has 1 N–H and O–H groups in total. The fraction of sp³-hybridized carbons (Fsp3) is 0.0455. The minimum atomic E-state index is -4.10. The maximum absolute atomic E-state index is 13.3. The predicted molar refractivity (Wildman–Crippen MR) is 110 cm³/mol. The van der Waals surface area contributed by atoms with Gasteiger partial charge in [0.05, 0.1) is 12.2 Å². The summed E-state index contributed by atoms with van der Waals surface area (Å²) in [5, 5.41) is 2.79. The summed E-state index contributed by atoms with van der Waals surface area (Å²) in [7, 11) is -4.10. The molecule has 0 fully saturated rings. The Bertz CT molecular complexity index is 1190. The van der Waals surface area contributed by atoms with E-state index in [9.17, 15) is 17.6 Å². The second kappa shape index (κ2) is 7.52. The van der Waals surface area contributed by atoms with Gasteiger partial charge in [-0.1, -0.05) is 42.5 Å². The molecular formula is C22H17FN2O3S. The van der Waals surface area contributed by atoms with Crippen molar-refractivity contribution >= 4 is 27.2 Å². The Labute approximate surface area is 168 Å². The SMILES string of the molecule is O=C1C(=CNc2ccc(F)cc2)S(=O)(=O)N(Cc2ccccc2)c2ccccc21. The monoisotopic (exact) mass is 408 g/mol. The summed E-state index contributed by atoms with van der Waals surface area (Å²) in [5.41, 5.74) is 1.92. The second-order valence-electron chi connectivity index (χ2n) is 6.50. The maximum Gasteiger partial charge on any atom is 0.270 e. The highest BCUT2D eigenvalue weighted by molar-refractivity contribution is 7.97. The summed E-state index contributed by atoms with van der Waals surface area (Å²) in [4.78, 5) is 12.6. The van der Waals surface area contributed by atoms with Gasteiger partial charge < -0.3 is 5.32 Å². The summed E-state index contributed by atoms with van der Waals surface area (Å²) >= 11 is 0. The number of sulfonamides is 1. The molecule has 29 heavy (non-hydrogen) atoms. The number of allylic oxidation sites excluding steroid dienone is 1. The van der Waals surface area contributed by atoms with Crippen molar-refractivity contribution in [1.82, 2.24) is 0 Å². The Balaban J connectivity index is 1.77. The number of anilines is 2. The van der Waals surface area contributed by atoms with Gasteiger partial charge in [-0.05, 0) is 42.0 Å². The zero-order valence-corrected chi connectivity index (χ0v) is 16.1. The van der Waals surface area contributed by atoms with Gasteiger partial charge in [0.15, 0.2) is 4.91 Å². The molecule has 0 spiro atoms. The lowest BCUT2D eigenvalue weighted by Gasteiger charge is -2.31. The first kappa shape index (κ1) is 18.9. The third-order valence-electron chi connectivity index (χ3n) is 4.59. The van der Waals surface area contributed by atoms with Gasteiger partial charge in [0.1, 0.15) is 5.82 Å². The van der Waals surface area contributed by atoms with E-state index in [1.165, 1.54) is 34.8 Å². The molecule has 0 bridgehead atoms. The number of carbonyl (C=O) groups is 1. The number of carbonyl (C=O) groups excluding carboxylic acids is 1. The van der Waals surface area contributed by atoms with Crippen LogP contribution in [0.1, 0.15) is 15.9 Å². The van der Waals surface area contributed by atoms with E-state index in [0.29, 0.717) is 16.9 Å². The van der Waals surface area contributed by atoms with E-state index in [1.54, 1.807) is 24.3 Å². The largest absolute Gasteiger partial charge is 0.360 e. The third kappa shape index (κ3) is 3.64. The molecule has 3 aromatic carbocycles. The quantitative estimate of drug-likeness (QED) is 0.653. The van der Waals surface area contributed by atoms with Crippen molar-refractivity contribution in [2.45, 2.75) is 6.54 Å². The van der Waals surface area contributed by atoms with Crippen LogP contribution in [-0.4, -0.2) is 14.2 Å². The molecule has 0 unspecified atom stereocenters. The number of nitrogens with zero attached hydrogens (tertiary/aromatic N) is 1. The molecule has 3 aromatic rings. The van der Waals surface area contributed by atoms with Crippen LogP contribution in [0.3, 0.4) is 0 Å². The van der Waals surface area contributed by atoms with Crippen molar-refractivity contribution in [3.8, 4) is 0 Å². The number of nitrogens with one attached hydrogen (secondary N) is 1. The highest BCUT2D eigenvalue weighted by Crippen LogP contribution is 2.36. The molecule has 0 radical (unpaired) electrons. The van der Waals surface area contributed by atoms with Crippen LogP contribution >= 0.6 is 0 Å². The molecule has 5 nitrogen and oxygen atoms in total. The number of Topliss-reactive ketones (excluding diaryl/α,β-unsaturated/α-hetero) is 1. The Morgan fingerprint density at radius 1 is 0.897 bits per heavy atom. The lowest BCUT2D eigenvalue weighted by atomic mass is 10.1. The van der Waals surface area contributed by atoms with Gasteiger partial charge in [0.25, 0.3) is 10.0 Å². The van der Waals surface area contributed by atoms with Crippen LogP contribution in [0.15, 0.2) is 90.0 Å². The molecule has 0 aromatic heterocycles. The summed E-state index contributed by atoms with van der Waals surface area (Å²) in [6.45, 7) is 0.0986. The molecule has 1 heterocycles. The van der Waals surface area contributed by atoms with E-state index < -0.39 is 21.6 Å². The van der Waals surface area contributed by atoms with E-state index in [4.69, 9.17) is 0 Å². The van der Waals surface area contributed by atoms with Gasteiger partial charge in [0.2, 0.25) is 5.78 Å². The molecule has 0 atom stereocenters. The first-order chi connectivity index (χ1) is 14.0. The molecular weight excluding hydrogens is 391 g/mol. The topological polar surface area (TPSA) is 66.5 Å². The number of hydrogen-bond acceptors (Lipinski definition) is 4. The summed E-state index contributed by atoms with van der Waals surface area (Å²) < 4.78 is 40.9. The molecule has 0 aliphatic carbocycles. The van der Waals surface area contributed by atoms with E-state index >= 15 is 0 Å². The number of halogens is 1. The van der Waals surface area contributed by atoms with Crippen LogP contribution in [0.5, 0.6) is 0 Å². The second-order valence-corrected chi connectivity index (χ2v) is 8.33. The molecule has 146 valence electrons. The van der Waals surface area contributed by atoms with Gasteiger partial charge in [-0.15, -0.1) is 0 Å². The van der Waals surface area contributed by atoms with Crippen molar-refractivity contribution in [2.24, 2.45) is 0 Å². The highest BCUT2D eigenvalue weighted by Gasteiger charge is 2.39. The van der Waals surface area contributed by atoms with Crippen LogP contribution in [0.25, 0.3) is 0 Å². The van der Waals surface area contributed by atoms with Crippen LogP contribution in [-0.2, 0) is 16.6 Å². The number of benzene rings is 3. The lowest BCUT2D eigenvalue weighted by molar-refractivity contribution is 0.104. The normalized spacial score (nSPS) is 16.5. The summed E-state index contributed by atoms with van der Waals surface area (Å²) in [6.07, 6.45) is 1.17. The minimum absolute atomic E-state index is 0.0986. The highest BCUT2D eigenvalue weighted by atomic mass is 32.2. The van der Waals surface area contributed by atoms with Crippen LogP contribution in [0.2, 0.25) is 0 Å². The number of hydrogen-bond donors (Lipinski definition) is 1. The van der Waals surface area contributed by atoms with E-state index in [-0.39, 0.29) is 11.4 Å². The van der Waals surface area contributed by atoms with Gasteiger partial charge in [0, 0.05) is 17.5 Å². The molecule has 1 aliphatic rings. The van der Waals surface area contributed by atoms with Crippen molar-refractivity contribution in [3.63, 3.8) is 0 Å². The average molecular weight is 408 g/mol. The predicted octanol–water partition coefficient (Wildman–Crippen LogP) is 4.31. The smallest absolute Gasteiger partial charge is 0.270 e. The zero-order chi connectivity index (χ0) is 20.4. The molecule has 0 saturated heterocycles. The lowest BCUT2D eigenvalue weighted by Crippen LogP contribution is -2.39. The number of fused-ring (bicyclic) bond motifs is 1. The third-order valence-corrected chi connectivity index (χ3v) is 6.36.